The third-order valence-corrected chi connectivity index (χ3v) is 7.26. The minimum atomic E-state index is -0.279. The van der Waals surface area contributed by atoms with Crippen LogP contribution in [0.5, 0.6) is 0 Å². The van der Waals surface area contributed by atoms with Crippen molar-refractivity contribution < 1.29 is 4.79 Å². The fourth-order valence-corrected chi connectivity index (χ4v) is 5.32. The molecule has 1 amide bonds. The van der Waals surface area contributed by atoms with Crippen LogP contribution < -0.4 is 10.9 Å². The zero-order chi connectivity index (χ0) is 21.1. The number of rotatable bonds is 5. The molecule has 6 nitrogen and oxygen atoms in total. The molecule has 0 aliphatic carbocycles. The molecule has 0 radical (unpaired) electrons. The molecule has 0 fully saturated rings. The van der Waals surface area contributed by atoms with Crippen LogP contribution in [0, 0.1) is 6.92 Å². The lowest BCUT2D eigenvalue weighted by atomic mass is 10.1. The van der Waals surface area contributed by atoms with E-state index in [1.165, 1.54) is 0 Å². The molecule has 0 atom stereocenters. The lowest BCUT2D eigenvalue weighted by molar-refractivity contribution is 0.102. The van der Waals surface area contributed by atoms with Gasteiger partial charge in [0.15, 0.2) is 0 Å². The third-order valence-electron chi connectivity index (χ3n) is 4.96. The van der Waals surface area contributed by atoms with E-state index in [-0.39, 0.29) is 11.5 Å². The minimum absolute atomic E-state index is 0.252. The topological polar surface area (TPSA) is 68.4 Å². The molecule has 2 aromatic carbocycles. The largest absolute Gasteiger partial charge is 0.316 e. The van der Waals surface area contributed by atoms with E-state index in [0.29, 0.717) is 22.7 Å². The zero-order valence-electron chi connectivity index (χ0n) is 16.8. The number of carbonyl (C=O) groups excluding carboxylic acids is 1. The maximum absolute atomic E-state index is 13.1. The number of amides is 1. The number of aromatic nitrogens is 2. The lowest BCUT2D eigenvalue weighted by Gasteiger charge is -2.09. The summed E-state index contributed by atoms with van der Waals surface area (Å²) in [5, 5.41) is 2.86. The molecule has 1 aliphatic rings. The number of anilines is 1. The van der Waals surface area contributed by atoms with E-state index < -0.39 is 0 Å². The first-order valence-corrected chi connectivity index (χ1v) is 11.6. The number of hydrogen-bond acceptors (Lipinski definition) is 5. The number of para-hydroxylation sites is 1. The standard InChI is InChI=1S/C22H22N4O2S2/c1-15-19(21(28)26(25(15)2)17-9-4-3-5-10-17)24-20(27)18-11-7-6-8-16(18)14-30-22-23-12-13-29-22/h3-11H,12-14H2,1-2H3,(H,24,27). The van der Waals surface area contributed by atoms with Gasteiger partial charge in [-0.3, -0.25) is 19.3 Å². The second-order valence-corrected chi connectivity index (χ2v) is 9.14. The lowest BCUT2D eigenvalue weighted by Crippen LogP contribution is -2.23. The molecular formula is C22H22N4O2S2. The predicted octanol–water partition coefficient (Wildman–Crippen LogP) is 4.07. The van der Waals surface area contributed by atoms with Gasteiger partial charge in [-0.25, -0.2) is 4.68 Å². The quantitative estimate of drug-likeness (QED) is 0.652. The Morgan fingerprint density at radius 2 is 1.90 bits per heavy atom. The monoisotopic (exact) mass is 438 g/mol. The van der Waals surface area contributed by atoms with Crippen LogP contribution in [-0.4, -0.2) is 31.9 Å². The highest BCUT2D eigenvalue weighted by atomic mass is 32.2. The van der Waals surface area contributed by atoms with Gasteiger partial charge in [-0.2, -0.15) is 0 Å². The van der Waals surface area contributed by atoms with Gasteiger partial charge >= 0.3 is 0 Å². The van der Waals surface area contributed by atoms with Crippen molar-refractivity contribution in [1.29, 1.82) is 0 Å². The molecule has 154 valence electrons. The van der Waals surface area contributed by atoms with Gasteiger partial charge in [-0.1, -0.05) is 59.9 Å². The first kappa shape index (κ1) is 20.6. The summed E-state index contributed by atoms with van der Waals surface area (Å²) in [7, 11) is 1.81. The molecule has 0 saturated carbocycles. The summed E-state index contributed by atoms with van der Waals surface area (Å²) in [4.78, 5) is 30.6. The Kier molecular flexibility index (Phi) is 6.15. The van der Waals surface area contributed by atoms with Crippen LogP contribution in [0.25, 0.3) is 5.69 Å². The van der Waals surface area contributed by atoms with Crippen molar-refractivity contribution in [1.82, 2.24) is 9.36 Å². The Balaban J connectivity index is 1.60. The van der Waals surface area contributed by atoms with Crippen molar-refractivity contribution in [3.8, 4) is 5.69 Å². The highest BCUT2D eigenvalue weighted by Crippen LogP contribution is 2.27. The van der Waals surface area contributed by atoms with Gasteiger partial charge in [0, 0.05) is 24.1 Å². The molecule has 4 rings (SSSR count). The summed E-state index contributed by atoms with van der Waals surface area (Å²) in [5.74, 6) is 1.40. The maximum Gasteiger partial charge on any atom is 0.295 e. The van der Waals surface area contributed by atoms with Gasteiger partial charge < -0.3 is 5.32 Å². The van der Waals surface area contributed by atoms with Crippen molar-refractivity contribution in [2.45, 2.75) is 12.7 Å². The van der Waals surface area contributed by atoms with Crippen LogP contribution in [-0.2, 0) is 12.8 Å². The SMILES string of the molecule is Cc1c(NC(=O)c2ccccc2CSC2=NCCS2)c(=O)n(-c2ccccc2)n1C. The normalized spacial score (nSPS) is 13.3. The molecule has 2 heterocycles. The van der Waals surface area contributed by atoms with Gasteiger partial charge in [0.05, 0.1) is 17.9 Å². The Morgan fingerprint density at radius 3 is 2.63 bits per heavy atom. The van der Waals surface area contributed by atoms with Gasteiger partial charge in [0.2, 0.25) is 0 Å². The van der Waals surface area contributed by atoms with Crippen molar-refractivity contribution in [3.63, 3.8) is 0 Å². The number of aliphatic imine (C=N–C) groups is 1. The molecule has 8 heteroatoms. The van der Waals surface area contributed by atoms with Crippen molar-refractivity contribution in [2.24, 2.45) is 12.0 Å². The predicted molar refractivity (Wildman–Crippen MR) is 126 cm³/mol. The number of benzene rings is 2. The molecule has 0 unspecified atom stereocenters. The van der Waals surface area contributed by atoms with E-state index >= 15 is 0 Å². The highest BCUT2D eigenvalue weighted by molar-refractivity contribution is 8.38. The van der Waals surface area contributed by atoms with E-state index in [1.54, 1.807) is 39.0 Å². The molecule has 1 aliphatic heterocycles. The number of hydrogen-bond donors (Lipinski definition) is 1. The van der Waals surface area contributed by atoms with Crippen molar-refractivity contribution in [3.05, 3.63) is 81.8 Å². The van der Waals surface area contributed by atoms with Gasteiger partial charge in [0.25, 0.3) is 11.5 Å². The van der Waals surface area contributed by atoms with E-state index in [1.807, 2.05) is 62.5 Å². The number of nitrogens with one attached hydrogen (secondary N) is 1. The van der Waals surface area contributed by atoms with E-state index in [4.69, 9.17) is 0 Å². The maximum atomic E-state index is 13.1. The van der Waals surface area contributed by atoms with Crippen LogP contribution in [0.1, 0.15) is 21.6 Å². The van der Waals surface area contributed by atoms with Crippen molar-refractivity contribution in [2.75, 3.05) is 17.6 Å². The van der Waals surface area contributed by atoms with E-state index in [9.17, 15) is 9.59 Å². The van der Waals surface area contributed by atoms with Crippen LogP contribution in [0.4, 0.5) is 5.69 Å². The smallest absolute Gasteiger partial charge is 0.295 e. The number of carbonyl (C=O) groups is 1. The molecule has 0 spiro atoms. The minimum Gasteiger partial charge on any atom is -0.316 e. The molecule has 0 saturated heterocycles. The summed E-state index contributed by atoms with van der Waals surface area (Å²) in [5.41, 5.74) is 2.98. The van der Waals surface area contributed by atoms with Gasteiger partial charge in [0.1, 0.15) is 10.1 Å². The average molecular weight is 439 g/mol. The molecular weight excluding hydrogens is 416 g/mol. The number of thioether (sulfide) groups is 2. The van der Waals surface area contributed by atoms with Crippen LogP contribution in [0.2, 0.25) is 0 Å². The Morgan fingerprint density at radius 1 is 1.17 bits per heavy atom. The second-order valence-electron chi connectivity index (χ2n) is 6.83. The molecule has 3 aromatic rings. The summed E-state index contributed by atoms with van der Waals surface area (Å²) in [6.07, 6.45) is 0. The fraction of sp³-hybridized carbons (Fsp3) is 0.227. The van der Waals surface area contributed by atoms with Crippen LogP contribution >= 0.6 is 23.5 Å². The fourth-order valence-electron chi connectivity index (χ4n) is 3.30. The zero-order valence-corrected chi connectivity index (χ0v) is 18.4. The Labute approximate surface area is 183 Å². The summed E-state index contributed by atoms with van der Waals surface area (Å²) in [6.45, 7) is 2.68. The average Bonchev–Trinajstić information content (AvgIpc) is 3.36. The molecule has 1 N–H and O–H groups in total. The highest BCUT2D eigenvalue weighted by Gasteiger charge is 2.20. The van der Waals surface area contributed by atoms with E-state index in [2.05, 4.69) is 10.3 Å². The first-order chi connectivity index (χ1) is 14.6. The van der Waals surface area contributed by atoms with Gasteiger partial charge in [-0.15, -0.1) is 0 Å². The van der Waals surface area contributed by atoms with Crippen molar-refractivity contribution >= 4 is 39.5 Å². The third kappa shape index (κ3) is 4.11. The van der Waals surface area contributed by atoms with E-state index in [0.717, 1.165) is 27.9 Å². The molecule has 30 heavy (non-hydrogen) atoms. The Hall–Kier alpha value is -2.71. The summed E-state index contributed by atoms with van der Waals surface area (Å²) < 4.78 is 4.38. The molecule has 1 aromatic heterocycles. The molecule has 0 bridgehead atoms. The summed E-state index contributed by atoms with van der Waals surface area (Å²) in [6, 6.07) is 16.9. The summed E-state index contributed by atoms with van der Waals surface area (Å²) >= 11 is 3.40. The first-order valence-electron chi connectivity index (χ1n) is 9.59. The van der Waals surface area contributed by atoms with Crippen LogP contribution in [0.15, 0.2) is 64.4 Å². The second kappa shape index (κ2) is 8.97. The van der Waals surface area contributed by atoms with Crippen LogP contribution in [0.3, 0.4) is 0 Å². The number of nitrogens with zero attached hydrogens (tertiary/aromatic N) is 3. The Bertz CT molecular complexity index is 1170. The van der Waals surface area contributed by atoms with Gasteiger partial charge in [-0.05, 0) is 30.7 Å².